The van der Waals surface area contributed by atoms with Crippen molar-refractivity contribution in [1.82, 2.24) is 10.3 Å². The molecule has 0 aliphatic heterocycles. The van der Waals surface area contributed by atoms with E-state index in [2.05, 4.69) is 22.2 Å². The Bertz CT molecular complexity index is 641. The summed E-state index contributed by atoms with van der Waals surface area (Å²) < 4.78 is 0. The highest BCUT2D eigenvalue weighted by Crippen LogP contribution is 2.10. The number of benzene rings is 1. The molecule has 0 saturated carbocycles. The Labute approximate surface area is 135 Å². The normalized spacial score (nSPS) is 10.0. The Morgan fingerprint density at radius 3 is 2.77 bits per heavy atom. The summed E-state index contributed by atoms with van der Waals surface area (Å²) in [5.41, 5.74) is 2.46. The quantitative estimate of drug-likeness (QED) is 0.771. The van der Waals surface area contributed by atoms with E-state index in [-0.39, 0.29) is 5.91 Å². The van der Waals surface area contributed by atoms with Crippen LogP contribution < -0.4 is 10.6 Å². The fourth-order valence-electron chi connectivity index (χ4n) is 1.92. The first-order chi connectivity index (χ1) is 10.7. The zero-order chi connectivity index (χ0) is 15.8. The Hall–Kier alpha value is -2.33. The van der Waals surface area contributed by atoms with E-state index >= 15 is 0 Å². The van der Waals surface area contributed by atoms with Gasteiger partial charge in [-0.2, -0.15) is 0 Å². The van der Waals surface area contributed by atoms with Crippen LogP contribution in [0.3, 0.4) is 0 Å². The fraction of sp³-hybridized carbons (Fsp3) is 0.176. The minimum Gasteiger partial charge on any atom is -0.380 e. The third-order valence-corrected chi connectivity index (χ3v) is 3.32. The van der Waals surface area contributed by atoms with Gasteiger partial charge in [0, 0.05) is 30.5 Å². The molecule has 2 rings (SSSR count). The lowest BCUT2D eigenvalue weighted by molar-refractivity contribution is 0.0954. The largest absolute Gasteiger partial charge is 0.380 e. The van der Waals surface area contributed by atoms with Crippen LogP contribution in [-0.4, -0.2) is 24.0 Å². The summed E-state index contributed by atoms with van der Waals surface area (Å²) in [6.07, 6.45) is 5.73. The lowest BCUT2D eigenvalue weighted by atomic mass is 10.1. The molecule has 0 bridgehead atoms. The van der Waals surface area contributed by atoms with E-state index in [0.717, 1.165) is 17.7 Å². The molecular formula is C17H18ClN3O. The number of nitrogens with zero attached hydrogens (tertiary/aromatic N) is 1. The van der Waals surface area contributed by atoms with Crippen molar-refractivity contribution >= 4 is 23.2 Å². The van der Waals surface area contributed by atoms with Gasteiger partial charge in [0.15, 0.2) is 0 Å². The smallest absolute Gasteiger partial charge is 0.252 e. The first kappa shape index (κ1) is 16.0. The molecule has 0 aliphatic rings. The monoisotopic (exact) mass is 315 g/mol. The van der Waals surface area contributed by atoms with Crippen LogP contribution in [0.15, 0.2) is 55.4 Å². The summed E-state index contributed by atoms with van der Waals surface area (Å²) in [6, 6.07) is 9.37. The van der Waals surface area contributed by atoms with E-state index in [1.807, 2.05) is 24.3 Å². The van der Waals surface area contributed by atoms with Crippen LogP contribution in [0.2, 0.25) is 5.02 Å². The van der Waals surface area contributed by atoms with E-state index in [1.54, 1.807) is 24.5 Å². The number of anilines is 1. The third-order valence-electron chi connectivity index (χ3n) is 3.06. The first-order valence-corrected chi connectivity index (χ1v) is 7.39. The van der Waals surface area contributed by atoms with E-state index in [1.165, 1.54) is 0 Å². The third kappa shape index (κ3) is 4.90. The zero-order valence-corrected chi connectivity index (χ0v) is 12.9. The second-order valence-corrected chi connectivity index (χ2v) is 5.20. The van der Waals surface area contributed by atoms with Gasteiger partial charge in [-0.15, -0.1) is 6.58 Å². The number of pyridine rings is 1. The molecule has 4 nitrogen and oxygen atoms in total. The van der Waals surface area contributed by atoms with Crippen LogP contribution in [-0.2, 0) is 6.42 Å². The van der Waals surface area contributed by atoms with Crippen molar-refractivity contribution in [1.29, 1.82) is 0 Å². The number of halogens is 1. The van der Waals surface area contributed by atoms with Crippen LogP contribution >= 0.6 is 11.6 Å². The summed E-state index contributed by atoms with van der Waals surface area (Å²) in [6.45, 7) is 4.83. The van der Waals surface area contributed by atoms with Gasteiger partial charge in [-0.25, -0.2) is 0 Å². The molecule has 0 atom stereocenters. The highest BCUT2D eigenvalue weighted by atomic mass is 35.5. The molecule has 2 aromatic rings. The second-order valence-electron chi connectivity index (χ2n) is 4.76. The van der Waals surface area contributed by atoms with Crippen LogP contribution in [0.5, 0.6) is 0 Å². The number of hydrogen-bond acceptors (Lipinski definition) is 3. The van der Waals surface area contributed by atoms with Gasteiger partial charge in [-0.05, 0) is 30.2 Å². The maximum absolute atomic E-state index is 12.1. The van der Waals surface area contributed by atoms with Crippen molar-refractivity contribution in [3.63, 3.8) is 0 Å². The molecular weight excluding hydrogens is 298 g/mol. The Balaban J connectivity index is 1.86. The van der Waals surface area contributed by atoms with Gasteiger partial charge in [0.25, 0.3) is 5.91 Å². The zero-order valence-electron chi connectivity index (χ0n) is 12.2. The summed E-state index contributed by atoms with van der Waals surface area (Å²) in [7, 11) is 0. The van der Waals surface area contributed by atoms with E-state index in [9.17, 15) is 4.79 Å². The fourth-order valence-corrected chi connectivity index (χ4v) is 2.05. The van der Waals surface area contributed by atoms with Gasteiger partial charge >= 0.3 is 0 Å². The van der Waals surface area contributed by atoms with Crippen LogP contribution in [0.1, 0.15) is 15.9 Å². The number of carbonyl (C=O) groups excluding carboxylic acids is 1. The summed E-state index contributed by atoms with van der Waals surface area (Å²) in [5.74, 6) is -0.135. The molecule has 0 fully saturated rings. The van der Waals surface area contributed by atoms with E-state index < -0.39 is 0 Å². The van der Waals surface area contributed by atoms with Crippen LogP contribution in [0.4, 0.5) is 5.69 Å². The lowest BCUT2D eigenvalue weighted by Crippen LogP contribution is -2.25. The SMILES string of the molecule is C=CCNc1cncc(C(=O)NCCc2ccc(Cl)cc2)c1. The molecule has 22 heavy (non-hydrogen) atoms. The number of hydrogen-bond donors (Lipinski definition) is 2. The topological polar surface area (TPSA) is 54.0 Å². The molecule has 2 N–H and O–H groups in total. The Morgan fingerprint density at radius 1 is 1.27 bits per heavy atom. The summed E-state index contributed by atoms with van der Waals surface area (Å²) in [4.78, 5) is 16.2. The van der Waals surface area contributed by atoms with Crippen molar-refractivity contribution in [3.8, 4) is 0 Å². The molecule has 1 aromatic carbocycles. The summed E-state index contributed by atoms with van der Waals surface area (Å²) >= 11 is 5.84. The van der Waals surface area contributed by atoms with Crippen molar-refractivity contribution in [2.45, 2.75) is 6.42 Å². The van der Waals surface area contributed by atoms with E-state index in [0.29, 0.717) is 23.7 Å². The second kappa shape index (κ2) is 8.20. The highest BCUT2D eigenvalue weighted by molar-refractivity contribution is 6.30. The standard InChI is InChI=1S/C17H18ClN3O/c1-2-8-20-16-10-14(11-19-12-16)17(22)21-9-7-13-3-5-15(18)6-4-13/h2-6,10-12,20H,1,7-9H2,(H,21,22). The average molecular weight is 316 g/mol. The van der Waals surface area contributed by atoms with Crippen molar-refractivity contribution in [3.05, 3.63) is 71.5 Å². The number of carbonyl (C=O) groups is 1. The van der Waals surface area contributed by atoms with Gasteiger partial charge < -0.3 is 10.6 Å². The number of rotatable bonds is 7. The molecule has 1 amide bonds. The molecule has 1 aromatic heterocycles. The Morgan fingerprint density at radius 2 is 2.05 bits per heavy atom. The number of amides is 1. The van der Waals surface area contributed by atoms with Crippen molar-refractivity contribution in [2.75, 3.05) is 18.4 Å². The maximum atomic E-state index is 12.1. The number of aromatic nitrogens is 1. The minimum absolute atomic E-state index is 0.135. The van der Waals surface area contributed by atoms with E-state index in [4.69, 9.17) is 11.6 Å². The molecule has 114 valence electrons. The van der Waals surface area contributed by atoms with Crippen LogP contribution in [0, 0.1) is 0 Å². The lowest BCUT2D eigenvalue weighted by Gasteiger charge is -2.07. The van der Waals surface area contributed by atoms with Crippen molar-refractivity contribution in [2.24, 2.45) is 0 Å². The highest BCUT2D eigenvalue weighted by Gasteiger charge is 2.06. The first-order valence-electron chi connectivity index (χ1n) is 7.01. The molecule has 0 saturated heterocycles. The molecule has 1 heterocycles. The maximum Gasteiger partial charge on any atom is 0.252 e. The molecule has 0 aliphatic carbocycles. The predicted octanol–water partition coefficient (Wildman–Crippen LogP) is 3.31. The van der Waals surface area contributed by atoms with Gasteiger partial charge in [0.05, 0.1) is 11.3 Å². The Kier molecular flexibility index (Phi) is 5.98. The minimum atomic E-state index is -0.135. The molecule has 0 radical (unpaired) electrons. The van der Waals surface area contributed by atoms with Gasteiger partial charge in [-0.3, -0.25) is 9.78 Å². The van der Waals surface area contributed by atoms with Gasteiger partial charge in [0.2, 0.25) is 0 Å². The molecule has 0 unspecified atom stereocenters. The van der Waals surface area contributed by atoms with Gasteiger partial charge in [-0.1, -0.05) is 29.8 Å². The molecule has 5 heteroatoms. The summed E-state index contributed by atoms with van der Waals surface area (Å²) in [5, 5.41) is 6.70. The predicted molar refractivity (Wildman–Crippen MR) is 90.4 cm³/mol. The number of nitrogens with one attached hydrogen (secondary N) is 2. The van der Waals surface area contributed by atoms with Crippen LogP contribution in [0.25, 0.3) is 0 Å². The van der Waals surface area contributed by atoms with Crippen molar-refractivity contribution < 1.29 is 4.79 Å². The average Bonchev–Trinajstić information content (AvgIpc) is 2.55. The van der Waals surface area contributed by atoms with Gasteiger partial charge in [0.1, 0.15) is 0 Å². The molecule has 0 spiro atoms.